The van der Waals surface area contributed by atoms with Crippen LogP contribution in [0.4, 0.5) is 0 Å². The minimum absolute atomic E-state index is 0.595. The second-order valence-corrected chi connectivity index (χ2v) is 15.2. The summed E-state index contributed by atoms with van der Waals surface area (Å²) < 4.78 is 0. The Morgan fingerprint density at radius 3 is 1.52 bits per heavy atom. The molecule has 0 amide bonds. The van der Waals surface area contributed by atoms with E-state index in [0.29, 0.717) is 23.0 Å². The summed E-state index contributed by atoms with van der Waals surface area (Å²) in [4.78, 5) is 15.0. The van der Waals surface area contributed by atoms with Crippen LogP contribution in [-0.4, -0.2) is 15.0 Å². The standard InChI is InChI=1S/C56H34N4/c57-35-36-17-19-37(20-18-36)42-13-8-14-47(32-42)55-58-54(41-10-2-1-3-11-41)59-56(60-55)48-28-27-44-31-43(25-26-45(44)33-48)38-21-23-40(24-22-38)53-50-16-7-5-12-46(50)34-52-49-15-6-4-9-39(49)29-30-51(52)53/h1-34H. The van der Waals surface area contributed by atoms with E-state index in [1.807, 2.05) is 66.7 Å². The van der Waals surface area contributed by atoms with Gasteiger partial charge in [0.1, 0.15) is 0 Å². The Labute approximate surface area is 347 Å². The van der Waals surface area contributed by atoms with Crippen LogP contribution in [-0.2, 0) is 0 Å². The maximum Gasteiger partial charge on any atom is 0.164 e. The molecule has 0 spiro atoms. The Hall–Kier alpha value is -8.26. The zero-order chi connectivity index (χ0) is 40.0. The molecule has 4 heteroatoms. The molecule has 278 valence electrons. The molecule has 60 heavy (non-hydrogen) atoms. The fraction of sp³-hybridized carbons (Fsp3) is 0. The van der Waals surface area contributed by atoms with Gasteiger partial charge in [0.15, 0.2) is 17.5 Å². The molecular formula is C56H34N4. The maximum absolute atomic E-state index is 9.29. The van der Waals surface area contributed by atoms with E-state index in [-0.39, 0.29) is 0 Å². The van der Waals surface area contributed by atoms with Crippen LogP contribution in [0, 0.1) is 11.3 Å². The molecule has 0 aliphatic heterocycles. The van der Waals surface area contributed by atoms with Gasteiger partial charge >= 0.3 is 0 Å². The van der Waals surface area contributed by atoms with Crippen molar-refractivity contribution in [1.82, 2.24) is 15.0 Å². The van der Waals surface area contributed by atoms with Crippen molar-refractivity contribution < 1.29 is 0 Å². The lowest BCUT2D eigenvalue weighted by atomic mass is 9.89. The van der Waals surface area contributed by atoms with Gasteiger partial charge < -0.3 is 0 Å². The summed E-state index contributed by atoms with van der Waals surface area (Å²) in [7, 11) is 0. The highest BCUT2D eigenvalue weighted by Crippen LogP contribution is 2.40. The lowest BCUT2D eigenvalue weighted by Crippen LogP contribution is -2.00. The van der Waals surface area contributed by atoms with E-state index in [1.165, 1.54) is 43.4 Å². The molecule has 11 rings (SSSR count). The number of nitrogens with zero attached hydrogens (tertiary/aromatic N) is 4. The third-order valence-corrected chi connectivity index (χ3v) is 11.5. The number of aromatic nitrogens is 3. The fourth-order valence-electron chi connectivity index (χ4n) is 8.45. The van der Waals surface area contributed by atoms with Gasteiger partial charge in [-0.25, -0.2) is 15.0 Å². The first-order valence-electron chi connectivity index (χ1n) is 20.1. The number of benzene rings is 10. The van der Waals surface area contributed by atoms with Crippen molar-refractivity contribution in [3.63, 3.8) is 0 Å². The highest BCUT2D eigenvalue weighted by atomic mass is 15.0. The number of nitriles is 1. The highest BCUT2D eigenvalue weighted by molar-refractivity contribution is 6.20. The summed E-state index contributed by atoms with van der Waals surface area (Å²) in [6, 6.07) is 74.4. The summed E-state index contributed by atoms with van der Waals surface area (Å²) >= 11 is 0. The minimum atomic E-state index is 0.595. The molecule has 0 fully saturated rings. The molecular weight excluding hydrogens is 729 g/mol. The number of hydrogen-bond donors (Lipinski definition) is 0. The smallest absolute Gasteiger partial charge is 0.164 e. The Balaban J connectivity index is 0.947. The third kappa shape index (κ3) is 6.32. The van der Waals surface area contributed by atoms with Crippen molar-refractivity contribution in [3.05, 3.63) is 212 Å². The van der Waals surface area contributed by atoms with E-state index in [4.69, 9.17) is 15.0 Å². The molecule has 0 unspecified atom stereocenters. The topological polar surface area (TPSA) is 62.5 Å². The first-order valence-corrected chi connectivity index (χ1v) is 20.1. The summed E-state index contributed by atoms with van der Waals surface area (Å²) in [5.41, 5.74) is 10.2. The second kappa shape index (κ2) is 14.6. The van der Waals surface area contributed by atoms with Gasteiger partial charge in [-0.3, -0.25) is 0 Å². The summed E-state index contributed by atoms with van der Waals surface area (Å²) in [5, 5.41) is 19.1. The molecule has 0 N–H and O–H groups in total. The van der Waals surface area contributed by atoms with Gasteiger partial charge in [0.05, 0.1) is 11.6 Å². The molecule has 1 aromatic heterocycles. The van der Waals surface area contributed by atoms with Crippen molar-refractivity contribution >= 4 is 43.1 Å². The zero-order valence-corrected chi connectivity index (χ0v) is 32.4. The molecule has 0 aliphatic carbocycles. The van der Waals surface area contributed by atoms with Crippen molar-refractivity contribution in [2.24, 2.45) is 0 Å². The molecule has 10 aromatic carbocycles. The number of hydrogen-bond acceptors (Lipinski definition) is 4. The number of fused-ring (bicyclic) bond motifs is 5. The largest absolute Gasteiger partial charge is 0.208 e. The van der Waals surface area contributed by atoms with Crippen LogP contribution in [0.3, 0.4) is 0 Å². The van der Waals surface area contributed by atoms with Crippen molar-refractivity contribution in [2.45, 2.75) is 0 Å². The number of rotatable bonds is 6. The average molecular weight is 763 g/mol. The SMILES string of the molecule is N#Cc1ccc(-c2cccc(-c3nc(-c4ccccc4)nc(-c4ccc5cc(-c6ccc(-c7c8ccccc8cc8c7ccc7ccccc78)cc6)ccc5c4)n3)c2)cc1. The van der Waals surface area contributed by atoms with E-state index < -0.39 is 0 Å². The van der Waals surface area contributed by atoms with Crippen LogP contribution in [0.1, 0.15) is 5.56 Å². The summed E-state index contributed by atoms with van der Waals surface area (Å²) in [6.07, 6.45) is 0. The molecule has 0 atom stereocenters. The van der Waals surface area contributed by atoms with E-state index in [9.17, 15) is 5.26 Å². The monoisotopic (exact) mass is 762 g/mol. The van der Waals surface area contributed by atoms with Crippen molar-refractivity contribution in [2.75, 3.05) is 0 Å². The van der Waals surface area contributed by atoms with Crippen LogP contribution in [0.5, 0.6) is 0 Å². The lowest BCUT2D eigenvalue weighted by molar-refractivity contribution is 1.07. The molecule has 0 aliphatic rings. The van der Waals surface area contributed by atoms with E-state index in [0.717, 1.165) is 49.7 Å². The van der Waals surface area contributed by atoms with Gasteiger partial charge in [0, 0.05) is 16.7 Å². The molecule has 1 heterocycles. The Morgan fingerprint density at radius 1 is 0.283 bits per heavy atom. The molecule has 0 saturated heterocycles. The van der Waals surface area contributed by atoms with Gasteiger partial charge in [0.2, 0.25) is 0 Å². The molecule has 0 bridgehead atoms. The Kier molecular flexibility index (Phi) is 8.50. The quantitative estimate of drug-likeness (QED) is 0.125. The van der Waals surface area contributed by atoms with Crippen LogP contribution >= 0.6 is 0 Å². The highest BCUT2D eigenvalue weighted by Gasteiger charge is 2.15. The average Bonchev–Trinajstić information content (AvgIpc) is 3.33. The maximum atomic E-state index is 9.29. The summed E-state index contributed by atoms with van der Waals surface area (Å²) in [5.74, 6) is 1.82. The summed E-state index contributed by atoms with van der Waals surface area (Å²) in [6.45, 7) is 0. The third-order valence-electron chi connectivity index (χ3n) is 11.5. The Morgan fingerprint density at radius 2 is 0.783 bits per heavy atom. The first-order chi connectivity index (χ1) is 29.6. The lowest BCUT2D eigenvalue weighted by Gasteiger charge is -2.14. The molecule has 11 aromatic rings. The molecule has 0 radical (unpaired) electrons. The van der Waals surface area contributed by atoms with Crippen molar-refractivity contribution in [3.8, 4) is 73.6 Å². The van der Waals surface area contributed by atoms with Gasteiger partial charge in [0.25, 0.3) is 0 Å². The molecule has 0 saturated carbocycles. The van der Waals surface area contributed by atoms with Gasteiger partial charge in [-0.2, -0.15) is 5.26 Å². The second-order valence-electron chi connectivity index (χ2n) is 15.2. The minimum Gasteiger partial charge on any atom is -0.208 e. The predicted molar refractivity (Wildman–Crippen MR) is 247 cm³/mol. The van der Waals surface area contributed by atoms with E-state index in [2.05, 4.69) is 146 Å². The van der Waals surface area contributed by atoms with Crippen LogP contribution < -0.4 is 0 Å². The molecule has 4 nitrogen and oxygen atoms in total. The van der Waals surface area contributed by atoms with E-state index in [1.54, 1.807) is 0 Å². The van der Waals surface area contributed by atoms with Crippen LogP contribution in [0.15, 0.2) is 206 Å². The Bertz CT molecular complexity index is 3480. The normalized spacial score (nSPS) is 11.3. The van der Waals surface area contributed by atoms with Gasteiger partial charge in [-0.05, 0) is 113 Å². The zero-order valence-electron chi connectivity index (χ0n) is 32.4. The predicted octanol–water partition coefficient (Wildman–Crippen LogP) is 14.4. The first kappa shape index (κ1) is 34.9. The van der Waals surface area contributed by atoms with Crippen LogP contribution in [0.25, 0.3) is 111 Å². The van der Waals surface area contributed by atoms with Crippen LogP contribution in [0.2, 0.25) is 0 Å². The van der Waals surface area contributed by atoms with Gasteiger partial charge in [-0.15, -0.1) is 0 Å². The fourth-order valence-corrected chi connectivity index (χ4v) is 8.45. The van der Waals surface area contributed by atoms with Crippen molar-refractivity contribution in [1.29, 1.82) is 5.26 Å². The van der Waals surface area contributed by atoms with Gasteiger partial charge in [-0.1, -0.05) is 170 Å². The van der Waals surface area contributed by atoms with E-state index >= 15 is 0 Å².